The highest BCUT2D eigenvalue weighted by Gasteiger charge is 2.20. The first-order valence-corrected chi connectivity index (χ1v) is 8.85. The summed E-state index contributed by atoms with van der Waals surface area (Å²) in [6.45, 7) is 2.02. The third-order valence-corrected chi connectivity index (χ3v) is 4.51. The standard InChI is InChI=1S/C18H15N5O3S/c1-12(16(24)22-17-15(8-19)6-7-27-17)26-18(25)14-4-2-13(3-5-14)9-23-11-20-10-21-23/h2-7,10-12H,9H2,1H3,(H,22,24). The summed E-state index contributed by atoms with van der Waals surface area (Å²) in [5.74, 6) is -1.10. The molecule has 0 fully saturated rings. The fourth-order valence-corrected chi connectivity index (χ4v) is 2.98. The molecule has 1 atom stereocenters. The van der Waals surface area contributed by atoms with Gasteiger partial charge >= 0.3 is 5.97 Å². The van der Waals surface area contributed by atoms with Crippen LogP contribution in [-0.4, -0.2) is 32.7 Å². The van der Waals surface area contributed by atoms with Crippen LogP contribution in [0.3, 0.4) is 0 Å². The minimum Gasteiger partial charge on any atom is -0.449 e. The number of nitriles is 1. The molecule has 0 saturated carbocycles. The summed E-state index contributed by atoms with van der Waals surface area (Å²) in [5, 5.41) is 17.7. The fraction of sp³-hybridized carbons (Fsp3) is 0.167. The van der Waals surface area contributed by atoms with Gasteiger partial charge in [0, 0.05) is 0 Å². The molecule has 3 rings (SSSR count). The van der Waals surface area contributed by atoms with Gasteiger partial charge < -0.3 is 10.1 Å². The maximum absolute atomic E-state index is 12.2. The second-order valence-electron chi connectivity index (χ2n) is 5.60. The van der Waals surface area contributed by atoms with Crippen molar-refractivity contribution in [3.8, 4) is 6.07 Å². The molecular formula is C18H15N5O3S. The first-order chi connectivity index (χ1) is 13.1. The van der Waals surface area contributed by atoms with E-state index in [1.165, 1.54) is 24.6 Å². The van der Waals surface area contributed by atoms with Crippen LogP contribution in [0.5, 0.6) is 0 Å². The second-order valence-corrected chi connectivity index (χ2v) is 6.52. The van der Waals surface area contributed by atoms with E-state index in [0.717, 1.165) is 5.56 Å². The van der Waals surface area contributed by atoms with Crippen LogP contribution in [0, 0.1) is 11.3 Å². The van der Waals surface area contributed by atoms with E-state index in [1.807, 2.05) is 6.07 Å². The number of carbonyl (C=O) groups is 2. The van der Waals surface area contributed by atoms with Gasteiger partial charge in [-0.3, -0.25) is 4.79 Å². The van der Waals surface area contributed by atoms with Gasteiger partial charge in [-0.15, -0.1) is 11.3 Å². The van der Waals surface area contributed by atoms with Crippen molar-refractivity contribution in [3.05, 3.63) is 65.1 Å². The van der Waals surface area contributed by atoms with Crippen molar-refractivity contribution >= 4 is 28.2 Å². The molecular weight excluding hydrogens is 366 g/mol. The highest BCUT2D eigenvalue weighted by Crippen LogP contribution is 2.22. The van der Waals surface area contributed by atoms with Gasteiger partial charge in [-0.2, -0.15) is 10.4 Å². The Labute approximate surface area is 159 Å². The predicted molar refractivity (Wildman–Crippen MR) is 98.1 cm³/mol. The number of hydrogen-bond acceptors (Lipinski definition) is 7. The Bertz CT molecular complexity index is 973. The predicted octanol–water partition coefficient (Wildman–Crippen LogP) is 2.44. The van der Waals surface area contributed by atoms with Crippen LogP contribution < -0.4 is 5.32 Å². The van der Waals surface area contributed by atoms with E-state index in [9.17, 15) is 9.59 Å². The third kappa shape index (κ3) is 4.56. The second kappa shape index (κ2) is 8.25. The minimum absolute atomic E-state index is 0.339. The van der Waals surface area contributed by atoms with Crippen molar-refractivity contribution in [1.82, 2.24) is 14.8 Å². The molecule has 9 heteroatoms. The zero-order chi connectivity index (χ0) is 19.2. The normalized spacial score (nSPS) is 11.4. The molecule has 136 valence electrons. The van der Waals surface area contributed by atoms with Gasteiger partial charge in [-0.25, -0.2) is 14.5 Å². The maximum atomic E-state index is 12.2. The number of anilines is 1. The number of amides is 1. The van der Waals surface area contributed by atoms with E-state index in [4.69, 9.17) is 10.00 Å². The molecule has 1 aromatic carbocycles. The lowest BCUT2D eigenvalue weighted by molar-refractivity contribution is -0.123. The number of hydrogen-bond donors (Lipinski definition) is 1. The molecule has 0 aliphatic rings. The molecule has 1 unspecified atom stereocenters. The van der Waals surface area contributed by atoms with Crippen molar-refractivity contribution in [1.29, 1.82) is 5.26 Å². The fourth-order valence-electron chi connectivity index (χ4n) is 2.24. The number of nitrogens with zero attached hydrogens (tertiary/aromatic N) is 4. The number of carbonyl (C=O) groups excluding carboxylic acids is 2. The lowest BCUT2D eigenvalue weighted by Gasteiger charge is -2.13. The number of esters is 1. The van der Waals surface area contributed by atoms with Crippen molar-refractivity contribution in [2.75, 3.05) is 5.32 Å². The van der Waals surface area contributed by atoms with Crippen LogP contribution in [0.2, 0.25) is 0 Å². The van der Waals surface area contributed by atoms with Crippen molar-refractivity contribution in [3.63, 3.8) is 0 Å². The molecule has 0 spiro atoms. The lowest BCUT2D eigenvalue weighted by Crippen LogP contribution is -2.29. The van der Waals surface area contributed by atoms with Gasteiger partial charge in [0.1, 0.15) is 23.7 Å². The van der Waals surface area contributed by atoms with Crippen LogP contribution >= 0.6 is 11.3 Å². The number of aromatic nitrogens is 3. The molecule has 0 bridgehead atoms. The number of benzene rings is 1. The highest BCUT2D eigenvalue weighted by atomic mass is 32.1. The molecule has 2 aromatic heterocycles. The third-order valence-electron chi connectivity index (χ3n) is 3.68. The summed E-state index contributed by atoms with van der Waals surface area (Å²) in [6, 6.07) is 10.4. The van der Waals surface area contributed by atoms with Gasteiger partial charge in [0.05, 0.1) is 17.7 Å². The first kappa shape index (κ1) is 18.3. The molecule has 0 aliphatic carbocycles. The molecule has 2 heterocycles. The Morgan fingerprint density at radius 3 is 2.78 bits per heavy atom. The highest BCUT2D eigenvalue weighted by molar-refractivity contribution is 7.14. The summed E-state index contributed by atoms with van der Waals surface area (Å²) in [5.41, 5.74) is 1.66. The molecule has 1 N–H and O–H groups in total. The molecule has 3 aromatic rings. The molecule has 0 aliphatic heterocycles. The SMILES string of the molecule is CC(OC(=O)c1ccc(Cn2cncn2)cc1)C(=O)Nc1sccc1C#N. The van der Waals surface area contributed by atoms with Gasteiger partial charge in [-0.05, 0) is 36.1 Å². The van der Waals surface area contributed by atoms with Gasteiger partial charge in [0.25, 0.3) is 5.91 Å². The first-order valence-electron chi connectivity index (χ1n) is 7.97. The summed E-state index contributed by atoms with van der Waals surface area (Å²) in [6.07, 6.45) is 2.06. The van der Waals surface area contributed by atoms with Crippen LogP contribution in [0.4, 0.5) is 5.00 Å². The van der Waals surface area contributed by atoms with E-state index in [2.05, 4.69) is 15.4 Å². The minimum atomic E-state index is -0.999. The molecule has 8 nitrogen and oxygen atoms in total. The number of rotatable bonds is 6. The van der Waals surface area contributed by atoms with Gasteiger partial charge in [0.2, 0.25) is 0 Å². The number of nitrogens with one attached hydrogen (secondary N) is 1. The van der Waals surface area contributed by atoms with E-state index in [0.29, 0.717) is 22.7 Å². The summed E-state index contributed by atoms with van der Waals surface area (Å²) in [4.78, 5) is 28.3. The molecule has 0 radical (unpaired) electrons. The summed E-state index contributed by atoms with van der Waals surface area (Å²) >= 11 is 1.23. The van der Waals surface area contributed by atoms with Gasteiger partial charge in [-0.1, -0.05) is 12.1 Å². The molecule has 27 heavy (non-hydrogen) atoms. The van der Waals surface area contributed by atoms with Crippen LogP contribution in [0.1, 0.15) is 28.4 Å². The maximum Gasteiger partial charge on any atom is 0.338 e. The zero-order valence-electron chi connectivity index (χ0n) is 14.3. The number of thiophene rings is 1. The average molecular weight is 381 g/mol. The largest absolute Gasteiger partial charge is 0.449 e. The molecule has 0 saturated heterocycles. The average Bonchev–Trinajstić information content (AvgIpc) is 3.33. The summed E-state index contributed by atoms with van der Waals surface area (Å²) < 4.78 is 6.88. The monoisotopic (exact) mass is 381 g/mol. The zero-order valence-corrected chi connectivity index (χ0v) is 15.1. The topological polar surface area (TPSA) is 110 Å². The van der Waals surface area contributed by atoms with E-state index in [-0.39, 0.29) is 0 Å². The lowest BCUT2D eigenvalue weighted by atomic mass is 10.1. The van der Waals surface area contributed by atoms with Crippen LogP contribution in [0.25, 0.3) is 0 Å². The number of ether oxygens (including phenoxy) is 1. The summed E-state index contributed by atoms with van der Waals surface area (Å²) in [7, 11) is 0. The molecule has 1 amide bonds. The van der Waals surface area contributed by atoms with E-state index in [1.54, 1.807) is 46.7 Å². The van der Waals surface area contributed by atoms with Crippen molar-refractivity contribution < 1.29 is 14.3 Å². The Kier molecular flexibility index (Phi) is 5.58. The van der Waals surface area contributed by atoms with Crippen molar-refractivity contribution in [2.45, 2.75) is 19.6 Å². The van der Waals surface area contributed by atoms with Crippen LogP contribution in [-0.2, 0) is 16.1 Å². The Balaban J connectivity index is 1.57. The van der Waals surface area contributed by atoms with Gasteiger partial charge in [0.15, 0.2) is 6.10 Å². The van der Waals surface area contributed by atoms with Crippen molar-refractivity contribution in [2.24, 2.45) is 0 Å². The Morgan fingerprint density at radius 1 is 1.33 bits per heavy atom. The van der Waals surface area contributed by atoms with E-state index < -0.39 is 18.0 Å². The van der Waals surface area contributed by atoms with Crippen LogP contribution in [0.15, 0.2) is 48.4 Å². The Hall–Kier alpha value is -3.51. The van der Waals surface area contributed by atoms with E-state index >= 15 is 0 Å². The quantitative estimate of drug-likeness (QED) is 0.657. The smallest absolute Gasteiger partial charge is 0.338 e. The Morgan fingerprint density at radius 2 is 2.11 bits per heavy atom.